The Morgan fingerprint density at radius 2 is 1.82 bits per heavy atom. The Kier molecular flexibility index (Phi) is 5.11. The number of imidazole rings is 1. The lowest BCUT2D eigenvalue weighted by atomic mass is 10.0. The molecule has 0 aliphatic carbocycles. The van der Waals surface area contributed by atoms with Crippen LogP contribution in [0.1, 0.15) is 20.1 Å². The molecule has 2 aromatic rings. The number of nitrogen functional groups attached to an aromatic ring is 1. The molecule has 150 valence electrons. The van der Waals surface area contributed by atoms with Crippen LogP contribution >= 0.6 is 0 Å². The van der Waals surface area contributed by atoms with Crippen molar-refractivity contribution in [3.05, 3.63) is 12.7 Å². The van der Waals surface area contributed by atoms with Crippen LogP contribution in [0.2, 0.25) is 0 Å². The largest absolute Gasteiger partial charge is 0.479 e. The number of fused-ring (bicyclic) bond motifs is 1. The molecule has 2 aromatic heterocycles. The fraction of sp³-hybridized carbons (Fsp3) is 0.467. The molecule has 1 aliphatic heterocycles. The van der Waals surface area contributed by atoms with Crippen LogP contribution in [0.4, 0.5) is 5.82 Å². The van der Waals surface area contributed by atoms with E-state index in [4.69, 9.17) is 25.1 Å². The molecule has 13 nitrogen and oxygen atoms in total. The van der Waals surface area contributed by atoms with Crippen LogP contribution in [-0.2, 0) is 28.6 Å². The number of ether oxygens (including phenoxy) is 3. The Morgan fingerprint density at radius 1 is 1.18 bits per heavy atom. The van der Waals surface area contributed by atoms with Gasteiger partial charge in [0.25, 0.3) is 0 Å². The number of aliphatic hydroxyl groups excluding tert-OH is 1. The smallest absolute Gasteiger partial charge is 0.335 e. The van der Waals surface area contributed by atoms with E-state index in [1.54, 1.807) is 0 Å². The molecule has 4 N–H and O–H groups in total. The van der Waals surface area contributed by atoms with E-state index >= 15 is 0 Å². The molecular weight excluding hydrogens is 378 g/mol. The number of aliphatic carboxylic acids is 1. The third-order valence-electron chi connectivity index (χ3n) is 4.05. The van der Waals surface area contributed by atoms with Crippen molar-refractivity contribution in [1.82, 2.24) is 19.5 Å². The zero-order valence-electron chi connectivity index (χ0n) is 14.8. The van der Waals surface area contributed by atoms with E-state index in [0.717, 1.165) is 13.8 Å². The molecule has 3 rings (SSSR count). The highest BCUT2D eigenvalue weighted by atomic mass is 16.6. The number of hydrogen-bond donors (Lipinski definition) is 3. The Balaban J connectivity index is 2.09. The highest BCUT2D eigenvalue weighted by Crippen LogP contribution is 2.37. The number of esters is 2. The number of hydrogen-bond acceptors (Lipinski definition) is 11. The minimum Gasteiger partial charge on any atom is -0.479 e. The Hall–Kier alpha value is -3.32. The molecule has 0 spiro atoms. The molecule has 28 heavy (non-hydrogen) atoms. The number of aliphatic hydroxyl groups is 1. The minimum atomic E-state index is -2.05. The van der Waals surface area contributed by atoms with Gasteiger partial charge in [0, 0.05) is 13.8 Å². The van der Waals surface area contributed by atoms with E-state index in [0.29, 0.717) is 0 Å². The fourth-order valence-corrected chi connectivity index (χ4v) is 2.98. The fourth-order valence-electron chi connectivity index (χ4n) is 2.98. The minimum absolute atomic E-state index is 0.0874. The number of rotatable bonds is 5. The summed E-state index contributed by atoms with van der Waals surface area (Å²) in [4.78, 5) is 46.3. The van der Waals surface area contributed by atoms with E-state index in [1.807, 2.05) is 0 Å². The molecule has 1 aliphatic rings. The van der Waals surface area contributed by atoms with Gasteiger partial charge in [-0.15, -0.1) is 0 Å². The van der Waals surface area contributed by atoms with Crippen molar-refractivity contribution in [3.63, 3.8) is 0 Å². The van der Waals surface area contributed by atoms with Gasteiger partial charge in [-0.2, -0.15) is 0 Å². The van der Waals surface area contributed by atoms with Crippen molar-refractivity contribution in [2.75, 3.05) is 5.73 Å². The average molecular weight is 395 g/mol. The maximum Gasteiger partial charge on any atom is 0.335 e. The van der Waals surface area contributed by atoms with Crippen molar-refractivity contribution in [2.24, 2.45) is 0 Å². The summed E-state index contributed by atoms with van der Waals surface area (Å²) in [5.41, 5.74) is 6.20. The zero-order valence-corrected chi connectivity index (χ0v) is 14.8. The molecule has 3 heterocycles. The number of carbonyl (C=O) groups is 3. The normalized spacial score (nSPS) is 25.4. The molecule has 0 radical (unpaired) electrons. The van der Waals surface area contributed by atoms with Gasteiger partial charge in [-0.25, -0.2) is 19.7 Å². The van der Waals surface area contributed by atoms with Crippen LogP contribution in [0.25, 0.3) is 11.2 Å². The topological polar surface area (TPSA) is 189 Å². The lowest BCUT2D eigenvalue weighted by Gasteiger charge is -2.24. The molecule has 13 heteroatoms. The van der Waals surface area contributed by atoms with Crippen molar-refractivity contribution in [1.29, 1.82) is 0 Å². The van der Waals surface area contributed by atoms with Gasteiger partial charge < -0.3 is 30.2 Å². The maximum atomic E-state index is 11.6. The predicted octanol–water partition coefficient (Wildman–Crippen LogP) is -1.39. The summed E-state index contributed by atoms with van der Waals surface area (Å²) >= 11 is 0. The van der Waals surface area contributed by atoms with Crippen molar-refractivity contribution in [2.45, 2.75) is 44.5 Å². The molecule has 0 amide bonds. The van der Waals surface area contributed by atoms with Gasteiger partial charge in [0.1, 0.15) is 17.9 Å². The summed E-state index contributed by atoms with van der Waals surface area (Å²) in [6, 6.07) is 0. The molecule has 5 atom stereocenters. The summed E-state index contributed by atoms with van der Waals surface area (Å²) in [5.74, 6) is -3.04. The first kappa shape index (κ1) is 19.4. The highest BCUT2D eigenvalue weighted by molar-refractivity contribution is 5.81. The first-order chi connectivity index (χ1) is 13.2. The molecule has 0 saturated carbocycles. The zero-order chi connectivity index (χ0) is 20.6. The van der Waals surface area contributed by atoms with Gasteiger partial charge in [0.2, 0.25) is 0 Å². The monoisotopic (exact) mass is 395 g/mol. The van der Waals surface area contributed by atoms with Crippen molar-refractivity contribution < 1.29 is 38.8 Å². The van der Waals surface area contributed by atoms with Crippen LogP contribution in [0.3, 0.4) is 0 Å². The Bertz CT molecular complexity index is 930. The summed E-state index contributed by atoms with van der Waals surface area (Å²) in [5, 5.41) is 19.2. The second-order valence-electron chi connectivity index (χ2n) is 6.01. The predicted molar refractivity (Wildman–Crippen MR) is 88.4 cm³/mol. The molecule has 1 unspecified atom stereocenters. The first-order valence-electron chi connectivity index (χ1n) is 8.04. The molecular formula is C15H17N5O8. The van der Waals surface area contributed by atoms with Crippen LogP contribution in [0.15, 0.2) is 12.7 Å². The Labute approximate surface area is 157 Å². The summed E-state index contributed by atoms with van der Waals surface area (Å²) in [6.07, 6.45) is -5.00. The molecule has 1 fully saturated rings. The standard InChI is InChI=1S/C15H17N5O8/c1-5(21)26-10-9(8(23)15(24)25)28-14(11(10)27-6(2)22)20-4-19-7-12(16)17-3-18-13(7)20/h3-4,8-11,14,23H,1-2H3,(H,24,25)(H2,16,17,18)/t8?,9-,10-,11-,14-/m1/s1. The van der Waals surface area contributed by atoms with Gasteiger partial charge in [0.15, 0.2) is 36.0 Å². The van der Waals surface area contributed by atoms with Crippen molar-refractivity contribution in [3.8, 4) is 0 Å². The number of carbonyl (C=O) groups excluding carboxylic acids is 2. The quantitative estimate of drug-likeness (QED) is 0.504. The van der Waals surface area contributed by atoms with Gasteiger partial charge in [-0.1, -0.05) is 0 Å². The first-order valence-corrected chi connectivity index (χ1v) is 8.04. The SMILES string of the molecule is CC(=O)O[C@@H]1[C@H](OC(C)=O)[C@@H](C(O)C(=O)O)O[C@H]1n1cnc2c(N)ncnc21. The third kappa shape index (κ3) is 3.44. The van der Waals surface area contributed by atoms with Gasteiger partial charge in [-0.3, -0.25) is 14.2 Å². The lowest BCUT2D eigenvalue weighted by Crippen LogP contribution is -2.46. The van der Waals surface area contributed by atoms with E-state index in [2.05, 4.69) is 15.0 Å². The van der Waals surface area contributed by atoms with Crippen molar-refractivity contribution >= 4 is 34.9 Å². The second-order valence-corrected chi connectivity index (χ2v) is 6.01. The van der Waals surface area contributed by atoms with Crippen LogP contribution < -0.4 is 5.73 Å². The van der Waals surface area contributed by atoms with E-state index in [1.165, 1.54) is 17.2 Å². The molecule has 1 saturated heterocycles. The number of anilines is 1. The summed E-state index contributed by atoms with van der Waals surface area (Å²) < 4.78 is 17.3. The van der Waals surface area contributed by atoms with E-state index in [-0.39, 0.29) is 17.0 Å². The lowest BCUT2D eigenvalue weighted by molar-refractivity contribution is -0.170. The third-order valence-corrected chi connectivity index (χ3v) is 4.05. The van der Waals surface area contributed by atoms with Gasteiger partial charge in [-0.05, 0) is 0 Å². The van der Waals surface area contributed by atoms with Crippen LogP contribution in [0, 0.1) is 0 Å². The van der Waals surface area contributed by atoms with Crippen LogP contribution in [-0.4, -0.2) is 72.1 Å². The summed E-state index contributed by atoms with van der Waals surface area (Å²) in [6.45, 7) is 2.21. The Morgan fingerprint density at radius 3 is 2.43 bits per heavy atom. The number of aromatic nitrogens is 4. The summed E-state index contributed by atoms with van der Waals surface area (Å²) in [7, 11) is 0. The number of carboxylic acid groups (broad SMARTS) is 1. The average Bonchev–Trinajstić information content (AvgIpc) is 3.17. The van der Waals surface area contributed by atoms with Crippen LogP contribution in [0.5, 0.6) is 0 Å². The highest BCUT2D eigenvalue weighted by Gasteiger charge is 2.54. The maximum absolute atomic E-state index is 11.6. The number of nitrogens with zero attached hydrogens (tertiary/aromatic N) is 4. The van der Waals surface area contributed by atoms with Gasteiger partial charge in [0.05, 0.1) is 6.33 Å². The molecule has 0 bridgehead atoms. The number of carboxylic acids is 1. The number of nitrogens with two attached hydrogens (primary N) is 1. The van der Waals surface area contributed by atoms with Gasteiger partial charge >= 0.3 is 17.9 Å². The second kappa shape index (κ2) is 7.36. The van der Waals surface area contributed by atoms with E-state index in [9.17, 15) is 19.5 Å². The molecule has 0 aromatic carbocycles. The van der Waals surface area contributed by atoms with E-state index < -0.39 is 48.6 Å².